The highest BCUT2D eigenvalue weighted by Crippen LogP contribution is 2.28. The Labute approximate surface area is 113 Å². The SMILES string of the molecule is COc1cc(CCN(C)C(=O)CO)c(OC)cc1C. The monoisotopic (exact) mass is 267 g/mol. The van der Waals surface area contributed by atoms with Crippen molar-refractivity contribution < 1.29 is 19.4 Å². The van der Waals surface area contributed by atoms with Gasteiger partial charge in [0.15, 0.2) is 0 Å². The minimum Gasteiger partial charge on any atom is -0.496 e. The number of rotatable bonds is 6. The van der Waals surface area contributed by atoms with Crippen LogP contribution < -0.4 is 9.47 Å². The van der Waals surface area contributed by atoms with Crippen molar-refractivity contribution in [1.29, 1.82) is 0 Å². The van der Waals surface area contributed by atoms with Crippen LogP contribution in [0.25, 0.3) is 0 Å². The van der Waals surface area contributed by atoms with E-state index in [0.717, 1.165) is 22.6 Å². The van der Waals surface area contributed by atoms with E-state index in [9.17, 15) is 4.79 Å². The van der Waals surface area contributed by atoms with Crippen LogP contribution in [-0.4, -0.2) is 50.3 Å². The summed E-state index contributed by atoms with van der Waals surface area (Å²) in [5.41, 5.74) is 1.98. The van der Waals surface area contributed by atoms with Crippen LogP contribution in [0, 0.1) is 6.92 Å². The number of carbonyl (C=O) groups is 1. The summed E-state index contributed by atoms with van der Waals surface area (Å²) in [7, 11) is 4.91. The van der Waals surface area contributed by atoms with Crippen LogP contribution in [0.15, 0.2) is 12.1 Å². The molecule has 1 aromatic rings. The van der Waals surface area contributed by atoms with Crippen LogP contribution in [0.3, 0.4) is 0 Å². The topological polar surface area (TPSA) is 59.0 Å². The zero-order chi connectivity index (χ0) is 14.4. The lowest BCUT2D eigenvalue weighted by Crippen LogP contribution is -2.31. The van der Waals surface area contributed by atoms with Crippen molar-refractivity contribution >= 4 is 5.91 Å². The van der Waals surface area contributed by atoms with Crippen LogP contribution in [0.5, 0.6) is 11.5 Å². The number of hydrogen-bond donors (Lipinski definition) is 1. The maximum Gasteiger partial charge on any atom is 0.248 e. The molecule has 106 valence electrons. The second kappa shape index (κ2) is 6.99. The van der Waals surface area contributed by atoms with Crippen molar-refractivity contribution in [3.8, 4) is 11.5 Å². The zero-order valence-corrected chi connectivity index (χ0v) is 11.9. The molecular formula is C14H21NO4. The van der Waals surface area contributed by atoms with Gasteiger partial charge in [0.25, 0.3) is 0 Å². The molecule has 0 atom stereocenters. The van der Waals surface area contributed by atoms with E-state index in [-0.39, 0.29) is 5.91 Å². The predicted octanol–water partition coefficient (Wildman–Crippen LogP) is 1.01. The average molecular weight is 267 g/mol. The fourth-order valence-electron chi connectivity index (χ4n) is 1.84. The summed E-state index contributed by atoms with van der Waals surface area (Å²) in [5.74, 6) is 1.29. The van der Waals surface area contributed by atoms with Crippen LogP contribution in [0.1, 0.15) is 11.1 Å². The molecule has 1 rings (SSSR count). The smallest absolute Gasteiger partial charge is 0.248 e. The number of carbonyl (C=O) groups excluding carboxylic acids is 1. The van der Waals surface area contributed by atoms with Crippen LogP contribution in [0.4, 0.5) is 0 Å². The normalized spacial score (nSPS) is 10.2. The summed E-state index contributed by atoms with van der Waals surface area (Å²) in [6.45, 7) is 2.00. The van der Waals surface area contributed by atoms with Gasteiger partial charge in [0.2, 0.25) is 5.91 Å². The van der Waals surface area contributed by atoms with Gasteiger partial charge in [-0.2, -0.15) is 0 Å². The van der Waals surface area contributed by atoms with E-state index in [1.165, 1.54) is 4.90 Å². The highest BCUT2D eigenvalue weighted by molar-refractivity contribution is 5.76. The Balaban J connectivity index is 2.84. The minimum atomic E-state index is -0.467. The first-order chi connectivity index (χ1) is 9.03. The molecule has 0 spiro atoms. The van der Waals surface area contributed by atoms with E-state index in [4.69, 9.17) is 14.6 Å². The molecule has 1 N–H and O–H groups in total. The lowest BCUT2D eigenvalue weighted by atomic mass is 10.1. The van der Waals surface area contributed by atoms with Gasteiger partial charge in [0, 0.05) is 13.6 Å². The maximum atomic E-state index is 11.3. The molecule has 0 aliphatic heterocycles. The van der Waals surface area contributed by atoms with Crippen molar-refractivity contribution in [3.63, 3.8) is 0 Å². The van der Waals surface area contributed by atoms with E-state index < -0.39 is 6.61 Å². The van der Waals surface area contributed by atoms with Gasteiger partial charge in [-0.25, -0.2) is 0 Å². The van der Waals surface area contributed by atoms with Gasteiger partial charge in [-0.3, -0.25) is 4.79 Å². The third kappa shape index (κ3) is 3.86. The summed E-state index contributed by atoms with van der Waals surface area (Å²) in [6, 6.07) is 3.84. The number of likely N-dealkylation sites (N-methyl/N-ethyl adjacent to an activating group) is 1. The molecule has 0 saturated heterocycles. The fraction of sp³-hybridized carbons (Fsp3) is 0.500. The Bertz CT molecular complexity index is 445. The second-order valence-electron chi connectivity index (χ2n) is 4.36. The summed E-state index contributed by atoms with van der Waals surface area (Å²) in [5, 5.41) is 8.79. The number of nitrogens with zero attached hydrogens (tertiary/aromatic N) is 1. The van der Waals surface area contributed by atoms with Gasteiger partial charge in [0.05, 0.1) is 14.2 Å². The van der Waals surface area contributed by atoms with Crippen LogP contribution >= 0.6 is 0 Å². The number of aliphatic hydroxyl groups excluding tert-OH is 1. The molecule has 0 saturated carbocycles. The Kier molecular flexibility index (Phi) is 5.63. The van der Waals surface area contributed by atoms with Gasteiger partial charge in [-0.1, -0.05) is 0 Å². The quantitative estimate of drug-likeness (QED) is 0.835. The summed E-state index contributed by atoms with van der Waals surface area (Å²) in [4.78, 5) is 12.8. The number of hydrogen-bond acceptors (Lipinski definition) is 4. The van der Waals surface area contributed by atoms with Crippen molar-refractivity contribution in [2.24, 2.45) is 0 Å². The van der Waals surface area contributed by atoms with Gasteiger partial charge in [-0.15, -0.1) is 0 Å². The van der Waals surface area contributed by atoms with E-state index in [1.807, 2.05) is 19.1 Å². The second-order valence-corrected chi connectivity index (χ2v) is 4.36. The van der Waals surface area contributed by atoms with E-state index in [0.29, 0.717) is 13.0 Å². The van der Waals surface area contributed by atoms with E-state index in [1.54, 1.807) is 21.3 Å². The fourth-order valence-corrected chi connectivity index (χ4v) is 1.84. The number of aliphatic hydroxyl groups is 1. The zero-order valence-electron chi connectivity index (χ0n) is 11.9. The molecular weight excluding hydrogens is 246 g/mol. The molecule has 0 heterocycles. The molecule has 0 aliphatic carbocycles. The van der Waals surface area contributed by atoms with Crippen molar-refractivity contribution in [2.45, 2.75) is 13.3 Å². The molecule has 1 amide bonds. The van der Waals surface area contributed by atoms with E-state index in [2.05, 4.69) is 0 Å². The van der Waals surface area contributed by atoms with Gasteiger partial charge in [0.1, 0.15) is 18.1 Å². The molecule has 19 heavy (non-hydrogen) atoms. The van der Waals surface area contributed by atoms with Gasteiger partial charge < -0.3 is 19.5 Å². The van der Waals surface area contributed by atoms with Crippen molar-refractivity contribution in [1.82, 2.24) is 4.90 Å². The highest BCUT2D eigenvalue weighted by atomic mass is 16.5. The third-order valence-electron chi connectivity index (χ3n) is 3.08. The molecule has 5 nitrogen and oxygen atoms in total. The third-order valence-corrected chi connectivity index (χ3v) is 3.08. The first-order valence-corrected chi connectivity index (χ1v) is 6.09. The first kappa shape index (κ1) is 15.3. The number of benzene rings is 1. The largest absolute Gasteiger partial charge is 0.496 e. The number of amides is 1. The lowest BCUT2D eigenvalue weighted by Gasteiger charge is -2.18. The molecule has 0 radical (unpaired) electrons. The summed E-state index contributed by atoms with van der Waals surface area (Å²) < 4.78 is 10.6. The molecule has 0 aromatic heterocycles. The highest BCUT2D eigenvalue weighted by Gasteiger charge is 2.11. The van der Waals surface area contributed by atoms with Crippen molar-refractivity contribution in [3.05, 3.63) is 23.3 Å². The number of ether oxygens (including phenoxy) is 2. The molecule has 5 heteroatoms. The summed E-state index contributed by atoms with van der Waals surface area (Å²) >= 11 is 0. The molecule has 0 unspecified atom stereocenters. The van der Waals surface area contributed by atoms with Gasteiger partial charge >= 0.3 is 0 Å². The molecule has 0 aliphatic rings. The molecule has 0 fully saturated rings. The Morgan fingerprint density at radius 3 is 2.42 bits per heavy atom. The van der Waals surface area contributed by atoms with Crippen LogP contribution in [-0.2, 0) is 11.2 Å². The predicted molar refractivity (Wildman–Crippen MR) is 72.7 cm³/mol. The number of methoxy groups -OCH3 is 2. The van der Waals surface area contributed by atoms with Crippen molar-refractivity contribution in [2.75, 3.05) is 34.4 Å². The number of aryl methyl sites for hydroxylation is 1. The maximum absolute atomic E-state index is 11.3. The molecule has 0 bridgehead atoms. The first-order valence-electron chi connectivity index (χ1n) is 6.09. The van der Waals surface area contributed by atoms with Gasteiger partial charge in [-0.05, 0) is 36.6 Å². The summed E-state index contributed by atoms with van der Waals surface area (Å²) in [6.07, 6.45) is 0.641. The Morgan fingerprint density at radius 2 is 1.89 bits per heavy atom. The molecule has 1 aromatic carbocycles. The van der Waals surface area contributed by atoms with Crippen LogP contribution in [0.2, 0.25) is 0 Å². The Morgan fingerprint density at radius 1 is 1.26 bits per heavy atom. The van der Waals surface area contributed by atoms with E-state index >= 15 is 0 Å². The lowest BCUT2D eigenvalue weighted by molar-refractivity contribution is -0.132. The Hall–Kier alpha value is -1.75. The standard InChI is InChI=1S/C14H21NO4/c1-10-7-13(19-4)11(8-12(10)18-3)5-6-15(2)14(17)9-16/h7-8,16H,5-6,9H2,1-4H3. The average Bonchev–Trinajstić information content (AvgIpc) is 2.44. The minimum absolute atomic E-state index is 0.293.